The predicted molar refractivity (Wildman–Crippen MR) is 162 cm³/mol. The van der Waals surface area contributed by atoms with Crippen molar-refractivity contribution in [3.8, 4) is 16.8 Å². The van der Waals surface area contributed by atoms with Crippen molar-refractivity contribution in [1.82, 2.24) is 14.1 Å². The smallest absolute Gasteiger partial charge is 0.333 e. The molecule has 0 spiro atoms. The summed E-state index contributed by atoms with van der Waals surface area (Å²) in [7, 11) is 0. The molecule has 2 saturated carbocycles. The molecule has 3 heterocycles. The van der Waals surface area contributed by atoms with Crippen LogP contribution in [-0.2, 0) is 28.0 Å². The van der Waals surface area contributed by atoms with Gasteiger partial charge >= 0.3 is 11.7 Å². The van der Waals surface area contributed by atoms with Gasteiger partial charge in [0, 0.05) is 0 Å². The summed E-state index contributed by atoms with van der Waals surface area (Å²) in [6.07, 6.45) is 5.00. The first-order valence-electron chi connectivity index (χ1n) is 14.7. The number of nitrogens with zero attached hydrogens (tertiary/aromatic N) is 4. The Kier molecular flexibility index (Phi) is 7.82. The van der Waals surface area contributed by atoms with Crippen molar-refractivity contribution >= 4 is 27.5 Å². The molecular formula is C32H34N4O7S. The lowest BCUT2D eigenvalue weighted by Crippen LogP contribution is -2.52. The van der Waals surface area contributed by atoms with Gasteiger partial charge in [-0.15, -0.1) is 11.3 Å². The van der Waals surface area contributed by atoms with E-state index in [0.717, 1.165) is 41.4 Å². The van der Waals surface area contributed by atoms with E-state index in [9.17, 15) is 29.9 Å². The van der Waals surface area contributed by atoms with Gasteiger partial charge in [0.15, 0.2) is 0 Å². The number of aliphatic carboxylic acids is 1. The summed E-state index contributed by atoms with van der Waals surface area (Å²) in [6.45, 7) is 4.36. The maximum atomic E-state index is 14.3. The minimum absolute atomic E-state index is 0.0206. The number of carbonyl (C=O) groups is 1. The van der Waals surface area contributed by atoms with E-state index < -0.39 is 28.9 Å². The summed E-state index contributed by atoms with van der Waals surface area (Å²) in [4.78, 5) is 45.7. The second-order valence-electron chi connectivity index (χ2n) is 12.4. The fraction of sp³-hybridized carbons (Fsp3) is 0.469. The first-order valence-corrected chi connectivity index (χ1v) is 15.5. The standard InChI is InChI=1S/C32H34N4O7S/c1-17-25-28(38)36(32(2,3)30(39)40)31(41)35(29(25)44-26(17)27-34-10-11-42-27)16-24(23-7-5-4-6-18(23)8-9-33)43-22-14-19-12-21(37)13-20(19)15-22/h4-7,10-11,19-22,24,37H,8,12-16H2,1-3H3,(H,39,40)/t19-,20?,21-,22+,24?/m0/s1. The molecule has 2 aliphatic carbocycles. The van der Waals surface area contributed by atoms with Crippen molar-refractivity contribution < 1.29 is 24.2 Å². The van der Waals surface area contributed by atoms with Crippen LogP contribution >= 0.6 is 11.3 Å². The van der Waals surface area contributed by atoms with Gasteiger partial charge in [0.25, 0.3) is 5.56 Å². The van der Waals surface area contributed by atoms with Gasteiger partial charge in [-0.1, -0.05) is 24.3 Å². The van der Waals surface area contributed by atoms with Crippen LogP contribution < -0.4 is 11.2 Å². The molecule has 3 aromatic heterocycles. The van der Waals surface area contributed by atoms with Gasteiger partial charge in [-0.25, -0.2) is 19.1 Å². The lowest BCUT2D eigenvalue weighted by molar-refractivity contribution is -0.146. The highest BCUT2D eigenvalue weighted by Crippen LogP contribution is 2.46. The number of carboxylic acids is 1. The van der Waals surface area contributed by atoms with Crippen molar-refractivity contribution in [1.29, 1.82) is 5.26 Å². The molecule has 4 aromatic rings. The molecule has 0 aliphatic heterocycles. The highest BCUT2D eigenvalue weighted by atomic mass is 32.1. The Morgan fingerprint density at radius 3 is 2.57 bits per heavy atom. The Labute approximate surface area is 257 Å². The van der Waals surface area contributed by atoms with Crippen LogP contribution in [0.25, 0.3) is 21.0 Å². The summed E-state index contributed by atoms with van der Waals surface area (Å²) < 4.78 is 14.6. The third kappa shape index (κ3) is 5.08. The summed E-state index contributed by atoms with van der Waals surface area (Å²) in [5.41, 5.74) is -1.27. The number of rotatable bonds is 9. The third-order valence-electron chi connectivity index (χ3n) is 9.25. The number of thiophene rings is 1. The average Bonchev–Trinajstić information content (AvgIpc) is 3.75. The number of hydrogen-bond acceptors (Lipinski definition) is 9. The number of aryl methyl sites for hydroxylation is 1. The monoisotopic (exact) mass is 618 g/mol. The summed E-state index contributed by atoms with van der Waals surface area (Å²) >= 11 is 1.18. The van der Waals surface area contributed by atoms with Crippen LogP contribution in [0.15, 0.2) is 50.7 Å². The normalized spacial score (nSPS) is 22.2. The Morgan fingerprint density at radius 2 is 1.93 bits per heavy atom. The molecule has 2 fully saturated rings. The number of aliphatic hydroxyl groups is 1. The van der Waals surface area contributed by atoms with Crippen LogP contribution in [0.3, 0.4) is 0 Å². The Bertz CT molecular complexity index is 1870. The molecule has 0 bridgehead atoms. The second-order valence-corrected chi connectivity index (χ2v) is 13.4. The number of fused-ring (bicyclic) bond motifs is 2. The van der Waals surface area contributed by atoms with E-state index in [1.165, 1.54) is 42.2 Å². The maximum Gasteiger partial charge on any atom is 0.333 e. The minimum atomic E-state index is -1.85. The van der Waals surface area contributed by atoms with Crippen LogP contribution in [-0.4, -0.2) is 42.5 Å². The van der Waals surface area contributed by atoms with Gasteiger partial charge in [-0.2, -0.15) is 5.26 Å². The van der Waals surface area contributed by atoms with Crippen molar-refractivity contribution in [3.05, 3.63) is 74.3 Å². The molecule has 2 N–H and O–H groups in total. The van der Waals surface area contributed by atoms with Gasteiger partial charge in [-0.3, -0.25) is 9.36 Å². The third-order valence-corrected chi connectivity index (χ3v) is 10.5. The summed E-state index contributed by atoms with van der Waals surface area (Å²) in [6, 6.07) is 9.66. The van der Waals surface area contributed by atoms with Crippen molar-refractivity contribution in [3.63, 3.8) is 0 Å². The number of carboxylic acid groups (broad SMARTS) is 1. The number of aliphatic hydroxyl groups excluding tert-OH is 1. The number of benzene rings is 1. The predicted octanol–water partition coefficient (Wildman–Crippen LogP) is 4.38. The van der Waals surface area contributed by atoms with Crippen LogP contribution in [0.2, 0.25) is 0 Å². The molecule has 2 aliphatic rings. The van der Waals surface area contributed by atoms with Crippen molar-refractivity contribution in [2.24, 2.45) is 11.8 Å². The Balaban J connectivity index is 1.53. The van der Waals surface area contributed by atoms with Gasteiger partial charge < -0.3 is 19.4 Å². The zero-order chi connectivity index (χ0) is 31.3. The molecule has 230 valence electrons. The largest absolute Gasteiger partial charge is 0.480 e. The molecule has 2 unspecified atom stereocenters. The highest BCUT2D eigenvalue weighted by Gasteiger charge is 2.43. The molecule has 1 aromatic carbocycles. The molecule has 12 heteroatoms. The lowest BCUT2D eigenvalue weighted by Gasteiger charge is -2.28. The zero-order valence-electron chi connectivity index (χ0n) is 24.7. The summed E-state index contributed by atoms with van der Waals surface area (Å²) in [5.74, 6) is -0.310. The van der Waals surface area contributed by atoms with Crippen LogP contribution in [0.4, 0.5) is 0 Å². The molecule has 0 amide bonds. The second kappa shape index (κ2) is 11.5. The number of nitriles is 1. The molecular weight excluding hydrogens is 584 g/mol. The Hall–Kier alpha value is -4.05. The minimum Gasteiger partial charge on any atom is -0.480 e. The number of aromatic nitrogens is 3. The van der Waals surface area contributed by atoms with Gasteiger partial charge in [-0.05, 0) is 75.0 Å². The van der Waals surface area contributed by atoms with Crippen LogP contribution in [0.5, 0.6) is 0 Å². The van der Waals surface area contributed by atoms with E-state index in [-0.39, 0.29) is 36.5 Å². The maximum absolute atomic E-state index is 14.3. The average molecular weight is 619 g/mol. The first-order chi connectivity index (χ1) is 21.0. The molecule has 11 nitrogen and oxygen atoms in total. The SMILES string of the molecule is Cc1c(-c2ncco2)sc2c1c(=O)n(C(C)(C)C(=O)O)c(=O)n2CC(O[C@H]1CC2C[C@@H](O)C[C@H]2C1)c1ccccc1CC#N. The van der Waals surface area contributed by atoms with Crippen LogP contribution in [0, 0.1) is 30.1 Å². The molecule has 0 saturated heterocycles. The fourth-order valence-electron chi connectivity index (χ4n) is 6.98. The molecule has 6 rings (SSSR count). The number of hydrogen-bond donors (Lipinski definition) is 2. The molecule has 44 heavy (non-hydrogen) atoms. The fourth-order valence-corrected chi connectivity index (χ4v) is 8.22. The Morgan fingerprint density at radius 1 is 1.23 bits per heavy atom. The molecule has 5 atom stereocenters. The topological polar surface area (TPSA) is 161 Å². The first kappa shape index (κ1) is 30.0. The number of ether oxygens (including phenoxy) is 1. The van der Waals surface area contributed by atoms with Gasteiger partial charge in [0.2, 0.25) is 5.89 Å². The van der Waals surface area contributed by atoms with Crippen LogP contribution in [0.1, 0.15) is 62.3 Å². The van der Waals surface area contributed by atoms with Crippen molar-refractivity contribution in [2.45, 2.75) is 83.3 Å². The quantitative estimate of drug-likeness (QED) is 0.277. The van der Waals surface area contributed by atoms with Gasteiger partial charge in [0.1, 0.15) is 22.7 Å². The van der Waals surface area contributed by atoms with Gasteiger partial charge in [0.05, 0.1) is 47.7 Å². The zero-order valence-corrected chi connectivity index (χ0v) is 25.5. The lowest BCUT2D eigenvalue weighted by atomic mass is 9.99. The molecule has 0 radical (unpaired) electrons. The van der Waals surface area contributed by atoms with E-state index in [1.807, 2.05) is 24.3 Å². The van der Waals surface area contributed by atoms with E-state index in [0.29, 0.717) is 27.1 Å². The number of oxazole rings is 1. The van der Waals surface area contributed by atoms with E-state index >= 15 is 0 Å². The van der Waals surface area contributed by atoms with E-state index in [4.69, 9.17) is 9.15 Å². The highest BCUT2D eigenvalue weighted by molar-refractivity contribution is 7.22. The van der Waals surface area contributed by atoms with Crippen molar-refractivity contribution in [2.75, 3.05) is 0 Å². The van der Waals surface area contributed by atoms with E-state index in [1.54, 1.807) is 6.92 Å². The summed E-state index contributed by atoms with van der Waals surface area (Å²) in [5, 5.41) is 30.0. The van der Waals surface area contributed by atoms with E-state index in [2.05, 4.69) is 11.1 Å².